The molecule has 1 heterocycles. The first-order valence-electron chi connectivity index (χ1n) is 5.98. The van der Waals surface area contributed by atoms with Crippen LogP contribution in [0, 0.1) is 12.3 Å². The van der Waals surface area contributed by atoms with Gasteiger partial charge in [0.05, 0.1) is 5.56 Å². The van der Waals surface area contributed by atoms with Crippen LogP contribution >= 0.6 is 0 Å². The molecule has 0 saturated heterocycles. The van der Waals surface area contributed by atoms with Gasteiger partial charge in [0.15, 0.2) is 5.82 Å². The quantitative estimate of drug-likeness (QED) is 0.882. The monoisotopic (exact) mass is 246 g/mol. The van der Waals surface area contributed by atoms with Crippen molar-refractivity contribution in [1.82, 2.24) is 10.1 Å². The highest BCUT2D eigenvalue weighted by Gasteiger charge is 2.18. The number of benzene rings is 1. The molecule has 0 aliphatic carbocycles. The summed E-state index contributed by atoms with van der Waals surface area (Å²) >= 11 is 0. The van der Waals surface area contributed by atoms with E-state index >= 15 is 0 Å². The maximum absolute atomic E-state index is 9.86. The van der Waals surface area contributed by atoms with Gasteiger partial charge in [-0.2, -0.15) is 4.98 Å². The van der Waals surface area contributed by atoms with Gasteiger partial charge in [0.1, 0.15) is 5.75 Å². The van der Waals surface area contributed by atoms with Crippen molar-refractivity contribution in [2.75, 3.05) is 0 Å². The first-order chi connectivity index (χ1) is 8.35. The van der Waals surface area contributed by atoms with Crippen molar-refractivity contribution in [2.45, 2.75) is 34.1 Å². The van der Waals surface area contributed by atoms with Gasteiger partial charge in [0.25, 0.3) is 5.89 Å². The Hall–Kier alpha value is -1.84. The number of aryl methyl sites for hydroxylation is 1. The minimum absolute atomic E-state index is 0.108. The second-order valence-corrected chi connectivity index (χ2v) is 5.77. The van der Waals surface area contributed by atoms with E-state index in [2.05, 4.69) is 30.9 Å². The Morgan fingerprint density at radius 2 is 2.00 bits per heavy atom. The molecule has 0 radical (unpaired) electrons. The highest BCUT2D eigenvalue weighted by molar-refractivity contribution is 5.62. The van der Waals surface area contributed by atoms with E-state index < -0.39 is 0 Å². The fourth-order valence-corrected chi connectivity index (χ4v) is 1.73. The molecule has 1 N–H and O–H groups in total. The van der Waals surface area contributed by atoms with Crippen molar-refractivity contribution in [3.63, 3.8) is 0 Å². The number of hydrogen-bond donors (Lipinski definition) is 1. The molecule has 0 spiro atoms. The SMILES string of the molecule is Cc1ccc(-c2nc(CC(C)(C)C)no2)c(O)c1. The molecule has 0 aliphatic rings. The Kier molecular flexibility index (Phi) is 3.11. The lowest BCUT2D eigenvalue weighted by Gasteiger charge is -2.14. The first kappa shape index (κ1) is 12.6. The van der Waals surface area contributed by atoms with E-state index in [4.69, 9.17) is 4.52 Å². The van der Waals surface area contributed by atoms with Crippen molar-refractivity contribution >= 4 is 0 Å². The molecule has 0 unspecified atom stereocenters. The average Bonchev–Trinajstić information content (AvgIpc) is 2.63. The fourth-order valence-electron chi connectivity index (χ4n) is 1.73. The zero-order valence-corrected chi connectivity index (χ0v) is 11.2. The van der Waals surface area contributed by atoms with Gasteiger partial charge in [0.2, 0.25) is 0 Å². The predicted octanol–water partition coefficient (Wildman–Crippen LogP) is 3.34. The van der Waals surface area contributed by atoms with E-state index in [1.54, 1.807) is 12.1 Å². The summed E-state index contributed by atoms with van der Waals surface area (Å²) in [7, 11) is 0. The van der Waals surface area contributed by atoms with Crippen LogP contribution in [0.4, 0.5) is 0 Å². The molecule has 96 valence electrons. The van der Waals surface area contributed by atoms with E-state index in [1.807, 2.05) is 13.0 Å². The van der Waals surface area contributed by atoms with Gasteiger partial charge in [-0.3, -0.25) is 0 Å². The highest BCUT2D eigenvalue weighted by atomic mass is 16.5. The third kappa shape index (κ3) is 2.88. The van der Waals surface area contributed by atoms with Gasteiger partial charge in [-0.1, -0.05) is 32.0 Å². The molecule has 2 rings (SSSR count). The van der Waals surface area contributed by atoms with Crippen molar-refractivity contribution in [3.05, 3.63) is 29.6 Å². The van der Waals surface area contributed by atoms with E-state index in [0.29, 0.717) is 17.3 Å². The van der Waals surface area contributed by atoms with Gasteiger partial charge < -0.3 is 9.63 Å². The number of nitrogens with zero attached hydrogens (tertiary/aromatic N) is 2. The summed E-state index contributed by atoms with van der Waals surface area (Å²) in [4.78, 5) is 4.32. The third-order valence-corrected chi connectivity index (χ3v) is 2.54. The van der Waals surface area contributed by atoms with Crippen LogP contribution in [0.2, 0.25) is 0 Å². The van der Waals surface area contributed by atoms with Gasteiger partial charge in [-0.15, -0.1) is 0 Å². The summed E-state index contributed by atoms with van der Waals surface area (Å²) in [5.74, 6) is 1.20. The lowest BCUT2D eigenvalue weighted by Crippen LogP contribution is -2.10. The summed E-state index contributed by atoms with van der Waals surface area (Å²) < 4.78 is 5.20. The van der Waals surface area contributed by atoms with Crippen molar-refractivity contribution in [1.29, 1.82) is 0 Å². The summed E-state index contributed by atoms with van der Waals surface area (Å²) in [6, 6.07) is 5.38. The molecule has 4 nitrogen and oxygen atoms in total. The zero-order valence-electron chi connectivity index (χ0n) is 11.2. The molecular formula is C14H18N2O2. The maximum Gasteiger partial charge on any atom is 0.261 e. The molecular weight excluding hydrogens is 228 g/mol. The molecule has 0 atom stereocenters. The van der Waals surface area contributed by atoms with Crippen LogP contribution in [-0.2, 0) is 6.42 Å². The van der Waals surface area contributed by atoms with Crippen LogP contribution in [0.25, 0.3) is 11.5 Å². The number of phenolic OH excluding ortho intramolecular Hbond substituents is 1. The largest absolute Gasteiger partial charge is 0.507 e. The van der Waals surface area contributed by atoms with Crippen LogP contribution in [0.15, 0.2) is 22.7 Å². The summed E-state index contributed by atoms with van der Waals surface area (Å²) in [6.45, 7) is 8.27. The smallest absolute Gasteiger partial charge is 0.261 e. The summed E-state index contributed by atoms with van der Waals surface area (Å²) in [5, 5.41) is 13.8. The Bertz CT molecular complexity index is 553. The number of rotatable bonds is 2. The Labute approximate surface area is 107 Å². The molecule has 2 aromatic rings. The molecule has 4 heteroatoms. The third-order valence-electron chi connectivity index (χ3n) is 2.54. The normalized spacial score (nSPS) is 11.8. The van der Waals surface area contributed by atoms with Crippen LogP contribution in [0.5, 0.6) is 5.75 Å². The topological polar surface area (TPSA) is 59.2 Å². The maximum atomic E-state index is 9.86. The fraction of sp³-hybridized carbons (Fsp3) is 0.429. The molecule has 0 amide bonds. The number of aromatic hydroxyl groups is 1. The van der Waals surface area contributed by atoms with Gasteiger partial charge >= 0.3 is 0 Å². The average molecular weight is 246 g/mol. The number of aromatic nitrogens is 2. The van der Waals surface area contributed by atoms with Crippen LogP contribution in [0.3, 0.4) is 0 Å². The molecule has 0 bridgehead atoms. The Morgan fingerprint density at radius 1 is 1.28 bits per heavy atom. The predicted molar refractivity (Wildman–Crippen MR) is 69.3 cm³/mol. The van der Waals surface area contributed by atoms with Crippen LogP contribution in [0.1, 0.15) is 32.2 Å². The second kappa shape index (κ2) is 4.44. The van der Waals surface area contributed by atoms with E-state index in [9.17, 15) is 5.11 Å². The van der Waals surface area contributed by atoms with Crippen molar-refractivity contribution in [3.8, 4) is 17.2 Å². The molecule has 1 aromatic heterocycles. The number of phenols is 1. The molecule has 0 fully saturated rings. The second-order valence-electron chi connectivity index (χ2n) is 5.77. The van der Waals surface area contributed by atoms with Gasteiger partial charge in [-0.25, -0.2) is 0 Å². The van der Waals surface area contributed by atoms with Crippen LogP contribution in [-0.4, -0.2) is 15.2 Å². The minimum atomic E-state index is 0.108. The van der Waals surface area contributed by atoms with E-state index in [0.717, 1.165) is 12.0 Å². The van der Waals surface area contributed by atoms with Crippen molar-refractivity contribution in [2.24, 2.45) is 5.41 Å². The Balaban J connectivity index is 2.29. The highest BCUT2D eigenvalue weighted by Crippen LogP contribution is 2.29. The lowest BCUT2D eigenvalue weighted by molar-refractivity contribution is 0.374. The standard InChI is InChI=1S/C14H18N2O2/c1-9-5-6-10(11(17)7-9)13-15-12(16-18-13)8-14(2,3)4/h5-7,17H,8H2,1-4H3. The molecule has 18 heavy (non-hydrogen) atoms. The van der Waals surface area contributed by atoms with E-state index in [1.165, 1.54) is 0 Å². The van der Waals surface area contributed by atoms with E-state index in [-0.39, 0.29) is 11.2 Å². The Morgan fingerprint density at radius 3 is 2.61 bits per heavy atom. The first-order valence-corrected chi connectivity index (χ1v) is 5.98. The van der Waals surface area contributed by atoms with Gasteiger partial charge in [-0.05, 0) is 30.0 Å². The minimum Gasteiger partial charge on any atom is -0.507 e. The van der Waals surface area contributed by atoms with Crippen LogP contribution < -0.4 is 0 Å². The summed E-state index contributed by atoms with van der Waals surface area (Å²) in [5.41, 5.74) is 1.68. The van der Waals surface area contributed by atoms with Gasteiger partial charge in [0, 0.05) is 6.42 Å². The lowest BCUT2D eigenvalue weighted by atomic mass is 9.92. The summed E-state index contributed by atoms with van der Waals surface area (Å²) in [6.07, 6.45) is 0.739. The van der Waals surface area contributed by atoms with Crippen molar-refractivity contribution < 1.29 is 9.63 Å². The molecule has 0 aliphatic heterocycles. The molecule has 1 aromatic carbocycles. The zero-order chi connectivity index (χ0) is 13.3. The number of hydrogen-bond acceptors (Lipinski definition) is 4. The molecule has 0 saturated carbocycles.